The van der Waals surface area contributed by atoms with Gasteiger partial charge >= 0.3 is 5.97 Å². The molecule has 0 saturated heterocycles. The maximum Gasteiger partial charge on any atom is 0.305 e. The molecule has 5 nitrogen and oxygen atoms in total. The van der Waals surface area contributed by atoms with E-state index in [0.717, 1.165) is 0 Å². The molecule has 4 N–H and O–H groups in total. The van der Waals surface area contributed by atoms with Crippen LogP contribution in [0, 0.1) is 10.8 Å². The molecule has 0 aliphatic rings. The van der Waals surface area contributed by atoms with Crippen LogP contribution in [0.5, 0.6) is 0 Å². The van der Waals surface area contributed by atoms with Gasteiger partial charge in [0.1, 0.15) is 0 Å². The van der Waals surface area contributed by atoms with Crippen molar-refractivity contribution in [1.82, 2.24) is 5.32 Å². The second kappa shape index (κ2) is 5.49. The standard InChI is InChI=1S/C14H28N2O3/c1-12(2,3)9(8-10(17)18)16-11(19)13(4,5)14(6,7)15/h9H,8,15H2,1-7H3,(H,16,19)(H,17,18). The van der Waals surface area contributed by atoms with E-state index in [4.69, 9.17) is 10.8 Å². The Morgan fingerprint density at radius 1 is 1.11 bits per heavy atom. The van der Waals surface area contributed by atoms with E-state index in [9.17, 15) is 9.59 Å². The lowest BCUT2D eigenvalue weighted by Gasteiger charge is -2.40. The highest BCUT2D eigenvalue weighted by molar-refractivity contribution is 5.84. The quantitative estimate of drug-likeness (QED) is 0.711. The van der Waals surface area contributed by atoms with Crippen LogP contribution in [0.2, 0.25) is 0 Å². The van der Waals surface area contributed by atoms with Gasteiger partial charge in [0.05, 0.1) is 11.8 Å². The number of carbonyl (C=O) groups excluding carboxylic acids is 1. The highest BCUT2D eigenvalue weighted by Gasteiger charge is 2.42. The molecule has 0 aromatic rings. The lowest BCUT2D eigenvalue weighted by molar-refractivity contribution is -0.139. The van der Waals surface area contributed by atoms with E-state index >= 15 is 0 Å². The SMILES string of the molecule is CC(C)(C)C(CC(=O)O)NC(=O)C(C)(C)C(C)(C)N. The number of hydrogen-bond donors (Lipinski definition) is 3. The average molecular weight is 272 g/mol. The molecule has 19 heavy (non-hydrogen) atoms. The van der Waals surface area contributed by atoms with Crippen LogP contribution >= 0.6 is 0 Å². The molecule has 0 heterocycles. The monoisotopic (exact) mass is 272 g/mol. The van der Waals surface area contributed by atoms with Crippen molar-refractivity contribution in [3.05, 3.63) is 0 Å². The number of carboxylic acid groups (broad SMARTS) is 1. The van der Waals surface area contributed by atoms with Gasteiger partial charge in [0.25, 0.3) is 0 Å². The summed E-state index contributed by atoms with van der Waals surface area (Å²) >= 11 is 0. The van der Waals surface area contributed by atoms with Crippen LogP contribution in [0.15, 0.2) is 0 Å². The Kier molecular flexibility index (Phi) is 5.17. The topological polar surface area (TPSA) is 92.4 Å². The molecule has 0 bridgehead atoms. The van der Waals surface area contributed by atoms with E-state index in [-0.39, 0.29) is 17.7 Å². The molecule has 112 valence electrons. The zero-order valence-electron chi connectivity index (χ0n) is 13.1. The number of nitrogens with two attached hydrogens (primary N) is 1. The minimum Gasteiger partial charge on any atom is -0.481 e. The van der Waals surface area contributed by atoms with Crippen molar-refractivity contribution >= 4 is 11.9 Å². The van der Waals surface area contributed by atoms with Gasteiger partial charge in [-0.3, -0.25) is 9.59 Å². The van der Waals surface area contributed by atoms with E-state index in [1.165, 1.54) is 0 Å². The summed E-state index contributed by atoms with van der Waals surface area (Å²) in [5.41, 5.74) is 4.22. The molecule has 5 heteroatoms. The van der Waals surface area contributed by atoms with Crippen molar-refractivity contribution in [3.8, 4) is 0 Å². The summed E-state index contributed by atoms with van der Waals surface area (Å²) in [5, 5.41) is 11.8. The molecule has 1 atom stereocenters. The van der Waals surface area contributed by atoms with E-state index in [1.807, 2.05) is 20.8 Å². The van der Waals surface area contributed by atoms with Crippen molar-refractivity contribution in [2.45, 2.75) is 66.5 Å². The van der Waals surface area contributed by atoms with Gasteiger partial charge in [-0.25, -0.2) is 0 Å². The Labute approximate surface area is 115 Å². The Balaban J connectivity index is 5.07. The van der Waals surface area contributed by atoms with Crippen LogP contribution in [0.25, 0.3) is 0 Å². The van der Waals surface area contributed by atoms with Gasteiger partial charge in [-0.05, 0) is 33.1 Å². The first-order chi connectivity index (χ1) is 8.19. The predicted octanol–water partition coefficient (Wildman–Crippen LogP) is 1.76. The second-order valence-corrected chi connectivity index (χ2v) is 7.34. The first kappa shape index (κ1) is 17.9. The number of rotatable bonds is 5. The Bertz CT molecular complexity index is 349. The van der Waals surface area contributed by atoms with Crippen LogP contribution in [0.1, 0.15) is 54.9 Å². The number of aliphatic carboxylic acids is 1. The van der Waals surface area contributed by atoms with Crippen LogP contribution in [-0.4, -0.2) is 28.6 Å². The summed E-state index contributed by atoms with van der Waals surface area (Å²) in [7, 11) is 0. The molecule has 1 unspecified atom stereocenters. The van der Waals surface area contributed by atoms with Crippen LogP contribution in [-0.2, 0) is 9.59 Å². The van der Waals surface area contributed by atoms with Gasteiger partial charge in [0.15, 0.2) is 0 Å². The highest BCUT2D eigenvalue weighted by atomic mass is 16.4. The Morgan fingerprint density at radius 2 is 1.53 bits per heavy atom. The zero-order chi connectivity index (χ0) is 15.6. The van der Waals surface area contributed by atoms with Crippen molar-refractivity contribution in [2.75, 3.05) is 0 Å². The van der Waals surface area contributed by atoms with Crippen LogP contribution < -0.4 is 11.1 Å². The average Bonchev–Trinajstić information content (AvgIpc) is 2.12. The van der Waals surface area contributed by atoms with Crippen molar-refractivity contribution < 1.29 is 14.7 Å². The van der Waals surface area contributed by atoms with Gasteiger partial charge in [-0.2, -0.15) is 0 Å². The molecule has 0 fully saturated rings. The van der Waals surface area contributed by atoms with E-state index in [1.54, 1.807) is 27.7 Å². The van der Waals surface area contributed by atoms with Crippen molar-refractivity contribution in [3.63, 3.8) is 0 Å². The molecule has 0 saturated carbocycles. The Morgan fingerprint density at radius 3 is 1.79 bits per heavy atom. The summed E-state index contributed by atoms with van der Waals surface area (Å²) in [5.74, 6) is -1.15. The number of nitrogens with one attached hydrogen (secondary N) is 1. The largest absolute Gasteiger partial charge is 0.481 e. The fourth-order valence-corrected chi connectivity index (χ4v) is 1.38. The molecule has 0 spiro atoms. The molecule has 0 aromatic heterocycles. The normalized spacial score (nSPS) is 14.9. The summed E-state index contributed by atoms with van der Waals surface area (Å²) in [6.45, 7) is 12.8. The lowest BCUT2D eigenvalue weighted by atomic mass is 9.73. The molecule has 0 aromatic carbocycles. The summed E-state index contributed by atoms with van der Waals surface area (Å²) < 4.78 is 0. The number of amides is 1. The molecule has 0 aliphatic heterocycles. The fourth-order valence-electron chi connectivity index (χ4n) is 1.38. The van der Waals surface area contributed by atoms with Crippen LogP contribution in [0.4, 0.5) is 0 Å². The highest BCUT2D eigenvalue weighted by Crippen LogP contribution is 2.30. The smallest absolute Gasteiger partial charge is 0.305 e. The van der Waals surface area contributed by atoms with Gasteiger partial charge in [-0.15, -0.1) is 0 Å². The summed E-state index contributed by atoms with van der Waals surface area (Å²) in [6.07, 6.45) is -0.101. The van der Waals surface area contributed by atoms with E-state index in [2.05, 4.69) is 5.32 Å². The van der Waals surface area contributed by atoms with Crippen molar-refractivity contribution in [2.24, 2.45) is 16.6 Å². The molecule has 1 amide bonds. The zero-order valence-corrected chi connectivity index (χ0v) is 13.1. The molecule has 0 aliphatic carbocycles. The third-order valence-electron chi connectivity index (χ3n) is 3.91. The van der Waals surface area contributed by atoms with Gasteiger partial charge in [-0.1, -0.05) is 20.8 Å². The number of carbonyl (C=O) groups is 2. The first-order valence-electron chi connectivity index (χ1n) is 6.51. The van der Waals surface area contributed by atoms with E-state index < -0.39 is 23.0 Å². The predicted molar refractivity (Wildman–Crippen MR) is 75.7 cm³/mol. The Hall–Kier alpha value is -1.10. The molecular formula is C14H28N2O3. The molecular weight excluding hydrogens is 244 g/mol. The number of hydrogen-bond acceptors (Lipinski definition) is 3. The van der Waals surface area contributed by atoms with Crippen LogP contribution in [0.3, 0.4) is 0 Å². The van der Waals surface area contributed by atoms with Gasteiger partial charge in [0.2, 0.25) is 5.91 Å². The van der Waals surface area contributed by atoms with Crippen molar-refractivity contribution in [1.29, 1.82) is 0 Å². The fraction of sp³-hybridized carbons (Fsp3) is 0.857. The van der Waals surface area contributed by atoms with Gasteiger partial charge in [0, 0.05) is 11.6 Å². The van der Waals surface area contributed by atoms with Gasteiger partial charge < -0.3 is 16.2 Å². The maximum absolute atomic E-state index is 12.4. The maximum atomic E-state index is 12.4. The number of carboxylic acids is 1. The summed E-state index contributed by atoms with van der Waals surface area (Å²) in [4.78, 5) is 23.3. The molecule has 0 rings (SSSR count). The third-order valence-corrected chi connectivity index (χ3v) is 3.91. The third kappa shape index (κ3) is 4.82. The second-order valence-electron chi connectivity index (χ2n) is 7.34. The minimum absolute atomic E-state index is 0.101. The van der Waals surface area contributed by atoms with E-state index in [0.29, 0.717) is 0 Å². The lowest BCUT2D eigenvalue weighted by Crippen LogP contribution is -2.58. The first-order valence-corrected chi connectivity index (χ1v) is 6.51. The molecule has 0 radical (unpaired) electrons. The minimum atomic E-state index is -0.926. The summed E-state index contributed by atoms with van der Waals surface area (Å²) in [6, 6.07) is -0.431.